The van der Waals surface area contributed by atoms with Crippen molar-refractivity contribution in [3.63, 3.8) is 0 Å². The first-order chi connectivity index (χ1) is 7.77. The molecule has 0 N–H and O–H groups in total. The molecule has 0 saturated heterocycles. The third-order valence-electron chi connectivity index (χ3n) is 2.50. The second-order valence-electron chi connectivity index (χ2n) is 3.69. The van der Waals surface area contributed by atoms with Gasteiger partial charge < -0.3 is 4.74 Å². The first-order valence-electron chi connectivity index (χ1n) is 5.43. The SMILES string of the molecule is CCCOc1cccn2c(CCl)c(C)nc12. The van der Waals surface area contributed by atoms with Crippen molar-refractivity contribution in [1.29, 1.82) is 0 Å². The average molecular weight is 239 g/mol. The standard InChI is InChI=1S/C12H15ClN2O/c1-3-7-16-11-5-4-6-15-10(8-13)9(2)14-12(11)15/h4-6H,3,7-8H2,1-2H3. The molecule has 0 spiro atoms. The van der Waals surface area contributed by atoms with Gasteiger partial charge in [-0.15, -0.1) is 11.6 Å². The Morgan fingerprint density at radius 1 is 1.50 bits per heavy atom. The summed E-state index contributed by atoms with van der Waals surface area (Å²) >= 11 is 5.91. The summed E-state index contributed by atoms with van der Waals surface area (Å²) < 4.78 is 7.65. The zero-order valence-corrected chi connectivity index (χ0v) is 10.3. The lowest BCUT2D eigenvalue weighted by atomic mass is 10.4. The maximum atomic E-state index is 5.91. The number of pyridine rings is 1. The molecule has 0 aliphatic carbocycles. The van der Waals surface area contributed by atoms with Crippen molar-refractivity contribution < 1.29 is 4.74 Å². The third-order valence-corrected chi connectivity index (χ3v) is 2.75. The second-order valence-corrected chi connectivity index (χ2v) is 3.96. The summed E-state index contributed by atoms with van der Waals surface area (Å²) in [6.07, 6.45) is 2.95. The van der Waals surface area contributed by atoms with Crippen molar-refractivity contribution >= 4 is 17.2 Å². The smallest absolute Gasteiger partial charge is 0.180 e. The van der Waals surface area contributed by atoms with E-state index in [9.17, 15) is 0 Å². The molecule has 0 unspecified atom stereocenters. The molecule has 0 radical (unpaired) electrons. The number of ether oxygens (including phenoxy) is 1. The Labute approximate surface area is 100 Å². The number of rotatable bonds is 4. The number of nitrogens with zero attached hydrogens (tertiary/aromatic N) is 2. The van der Waals surface area contributed by atoms with Gasteiger partial charge in [0.1, 0.15) is 0 Å². The van der Waals surface area contributed by atoms with Gasteiger partial charge in [0.15, 0.2) is 11.4 Å². The van der Waals surface area contributed by atoms with Crippen LogP contribution in [0.2, 0.25) is 0 Å². The van der Waals surface area contributed by atoms with E-state index in [-0.39, 0.29) is 0 Å². The van der Waals surface area contributed by atoms with Gasteiger partial charge in [0, 0.05) is 6.20 Å². The van der Waals surface area contributed by atoms with Gasteiger partial charge >= 0.3 is 0 Å². The van der Waals surface area contributed by atoms with E-state index in [0.717, 1.165) is 29.2 Å². The van der Waals surface area contributed by atoms with E-state index in [1.807, 2.05) is 29.7 Å². The number of alkyl halides is 1. The molecule has 0 fully saturated rings. The van der Waals surface area contributed by atoms with Crippen molar-refractivity contribution in [3.8, 4) is 5.75 Å². The quantitative estimate of drug-likeness (QED) is 0.765. The summed E-state index contributed by atoms with van der Waals surface area (Å²) in [6, 6.07) is 3.89. The van der Waals surface area contributed by atoms with Crippen LogP contribution in [0.4, 0.5) is 0 Å². The molecule has 2 heterocycles. The summed E-state index contributed by atoms with van der Waals surface area (Å²) in [6.45, 7) is 4.76. The topological polar surface area (TPSA) is 26.5 Å². The number of aryl methyl sites for hydroxylation is 1. The van der Waals surface area contributed by atoms with E-state index >= 15 is 0 Å². The highest BCUT2D eigenvalue weighted by Gasteiger charge is 2.10. The molecule has 16 heavy (non-hydrogen) atoms. The Morgan fingerprint density at radius 3 is 3.00 bits per heavy atom. The van der Waals surface area contributed by atoms with Gasteiger partial charge in [-0.3, -0.25) is 4.40 Å². The molecule has 86 valence electrons. The van der Waals surface area contributed by atoms with Gasteiger partial charge in [0.25, 0.3) is 0 Å². The summed E-state index contributed by atoms with van der Waals surface area (Å²) in [5.41, 5.74) is 2.84. The number of hydrogen-bond donors (Lipinski definition) is 0. The number of aromatic nitrogens is 2. The molecule has 0 aliphatic heterocycles. The highest BCUT2D eigenvalue weighted by molar-refractivity contribution is 6.17. The van der Waals surface area contributed by atoms with E-state index in [1.165, 1.54) is 0 Å². The van der Waals surface area contributed by atoms with Gasteiger partial charge in [-0.2, -0.15) is 0 Å². The minimum absolute atomic E-state index is 0.463. The predicted molar refractivity (Wildman–Crippen MR) is 65.3 cm³/mol. The van der Waals surface area contributed by atoms with E-state index in [2.05, 4.69) is 11.9 Å². The summed E-state index contributed by atoms with van der Waals surface area (Å²) in [5.74, 6) is 1.29. The Kier molecular flexibility index (Phi) is 3.34. The van der Waals surface area contributed by atoms with Crippen LogP contribution in [0, 0.1) is 6.92 Å². The Balaban J connectivity index is 2.51. The third kappa shape index (κ3) is 1.87. The molecule has 0 aliphatic rings. The first kappa shape index (κ1) is 11.3. The van der Waals surface area contributed by atoms with E-state index in [1.54, 1.807) is 0 Å². The molecule has 2 aromatic rings. The summed E-state index contributed by atoms with van der Waals surface area (Å²) in [7, 11) is 0. The van der Waals surface area contributed by atoms with Crippen LogP contribution in [-0.2, 0) is 5.88 Å². The Bertz CT molecular complexity index is 493. The summed E-state index contributed by atoms with van der Waals surface area (Å²) in [5, 5.41) is 0. The normalized spacial score (nSPS) is 10.9. The molecule has 0 saturated carbocycles. The van der Waals surface area contributed by atoms with Gasteiger partial charge in [-0.05, 0) is 25.5 Å². The average Bonchev–Trinajstić information content (AvgIpc) is 2.62. The molecular weight excluding hydrogens is 224 g/mol. The first-order valence-corrected chi connectivity index (χ1v) is 5.96. The summed E-state index contributed by atoms with van der Waals surface area (Å²) in [4.78, 5) is 4.49. The zero-order valence-electron chi connectivity index (χ0n) is 9.53. The number of imidazole rings is 1. The van der Waals surface area contributed by atoms with Crippen LogP contribution >= 0.6 is 11.6 Å². The Hall–Kier alpha value is -1.22. The maximum absolute atomic E-state index is 5.91. The van der Waals surface area contributed by atoms with E-state index < -0.39 is 0 Å². The largest absolute Gasteiger partial charge is 0.490 e. The molecule has 0 aromatic carbocycles. The molecular formula is C12H15ClN2O. The van der Waals surface area contributed by atoms with Crippen molar-refractivity contribution in [1.82, 2.24) is 9.38 Å². The molecule has 2 rings (SSSR count). The van der Waals surface area contributed by atoms with Crippen molar-refractivity contribution in [2.75, 3.05) is 6.61 Å². The second kappa shape index (κ2) is 4.74. The van der Waals surface area contributed by atoms with E-state index in [4.69, 9.17) is 16.3 Å². The maximum Gasteiger partial charge on any atom is 0.180 e. The van der Waals surface area contributed by atoms with Crippen LogP contribution in [0.1, 0.15) is 24.7 Å². The highest BCUT2D eigenvalue weighted by Crippen LogP contribution is 2.22. The lowest BCUT2D eigenvalue weighted by Gasteiger charge is -2.06. The van der Waals surface area contributed by atoms with Crippen LogP contribution in [-0.4, -0.2) is 16.0 Å². The molecule has 0 bridgehead atoms. The van der Waals surface area contributed by atoms with Crippen LogP contribution in [0.5, 0.6) is 5.75 Å². The van der Waals surface area contributed by atoms with Crippen molar-refractivity contribution in [3.05, 3.63) is 29.7 Å². The lowest BCUT2D eigenvalue weighted by molar-refractivity contribution is 0.319. The number of fused-ring (bicyclic) bond motifs is 1. The fraction of sp³-hybridized carbons (Fsp3) is 0.417. The van der Waals surface area contributed by atoms with Crippen LogP contribution in [0.15, 0.2) is 18.3 Å². The van der Waals surface area contributed by atoms with Gasteiger partial charge in [0.2, 0.25) is 0 Å². The van der Waals surface area contributed by atoms with E-state index in [0.29, 0.717) is 12.5 Å². The molecule has 3 nitrogen and oxygen atoms in total. The molecule has 4 heteroatoms. The fourth-order valence-corrected chi connectivity index (χ4v) is 2.01. The Morgan fingerprint density at radius 2 is 2.31 bits per heavy atom. The van der Waals surface area contributed by atoms with Crippen molar-refractivity contribution in [2.24, 2.45) is 0 Å². The predicted octanol–water partition coefficient (Wildman–Crippen LogP) is 3.17. The monoisotopic (exact) mass is 238 g/mol. The van der Waals surface area contributed by atoms with Gasteiger partial charge in [-0.25, -0.2) is 4.98 Å². The zero-order chi connectivity index (χ0) is 11.5. The number of hydrogen-bond acceptors (Lipinski definition) is 2. The minimum atomic E-state index is 0.463. The van der Waals surface area contributed by atoms with Crippen LogP contribution in [0.3, 0.4) is 0 Å². The van der Waals surface area contributed by atoms with Gasteiger partial charge in [-0.1, -0.05) is 6.92 Å². The highest BCUT2D eigenvalue weighted by atomic mass is 35.5. The minimum Gasteiger partial charge on any atom is -0.490 e. The molecule has 0 amide bonds. The number of halogens is 1. The van der Waals surface area contributed by atoms with Crippen molar-refractivity contribution in [2.45, 2.75) is 26.1 Å². The molecule has 2 aromatic heterocycles. The molecule has 0 atom stereocenters. The van der Waals surface area contributed by atoms with Crippen LogP contribution < -0.4 is 4.74 Å². The lowest BCUT2D eigenvalue weighted by Crippen LogP contribution is -1.98. The van der Waals surface area contributed by atoms with Gasteiger partial charge in [0.05, 0.1) is 23.9 Å². The van der Waals surface area contributed by atoms with Crippen LogP contribution in [0.25, 0.3) is 5.65 Å². The fourth-order valence-electron chi connectivity index (χ4n) is 1.69.